The van der Waals surface area contributed by atoms with E-state index in [0.29, 0.717) is 11.3 Å². The van der Waals surface area contributed by atoms with E-state index >= 15 is 0 Å². The molecule has 1 atom stereocenters. The Morgan fingerprint density at radius 1 is 1.64 bits per heavy atom. The first-order valence-corrected chi connectivity index (χ1v) is 4.78. The molecule has 1 N–H and O–H groups in total. The highest BCUT2D eigenvalue weighted by Crippen LogP contribution is 2.32. The summed E-state index contributed by atoms with van der Waals surface area (Å²) in [5, 5.41) is 12.2. The van der Waals surface area contributed by atoms with Crippen LogP contribution in [-0.4, -0.2) is 12.6 Å². The molecule has 3 nitrogen and oxygen atoms in total. The third kappa shape index (κ3) is 1.39. The molecule has 1 unspecified atom stereocenters. The second kappa shape index (κ2) is 3.59. The third-order valence-electron chi connectivity index (χ3n) is 2.40. The van der Waals surface area contributed by atoms with Crippen molar-refractivity contribution in [2.75, 3.05) is 11.9 Å². The Kier molecular flexibility index (Phi) is 2.28. The van der Waals surface area contributed by atoms with Crippen molar-refractivity contribution in [3.63, 3.8) is 0 Å². The van der Waals surface area contributed by atoms with Gasteiger partial charge < -0.3 is 10.1 Å². The van der Waals surface area contributed by atoms with Gasteiger partial charge in [0.1, 0.15) is 12.2 Å². The van der Waals surface area contributed by atoms with Crippen molar-refractivity contribution in [1.82, 2.24) is 0 Å². The largest absolute Gasteiger partial charge is 0.485 e. The van der Waals surface area contributed by atoms with Crippen LogP contribution in [0, 0.1) is 11.3 Å². The lowest BCUT2D eigenvalue weighted by molar-refractivity contribution is 0.201. The molecule has 0 radical (unpaired) electrons. The third-order valence-corrected chi connectivity index (χ3v) is 2.40. The van der Waals surface area contributed by atoms with E-state index in [1.54, 1.807) is 6.07 Å². The highest BCUT2D eigenvalue weighted by atomic mass is 16.5. The van der Waals surface area contributed by atoms with Crippen LogP contribution in [0.1, 0.15) is 18.9 Å². The number of ether oxygens (including phenoxy) is 1. The predicted octanol–water partition coefficient (Wildman–Crippen LogP) is 2.14. The summed E-state index contributed by atoms with van der Waals surface area (Å²) >= 11 is 0. The first-order chi connectivity index (χ1) is 6.85. The summed E-state index contributed by atoms with van der Waals surface area (Å²) in [4.78, 5) is 0. The number of para-hydroxylation sites is 1. The average molecular weight is 188 g/mol. The Morgan fingerprint density at radius 2 is 2.50 bits per heavy atom. The van der Waals surface area contributed by atoms with Crippen LogP contribution in [0.4, 0.5) is 5.69 Å². The van der Waals surface area contributed by atoms with Gasteiger partial charge in [-0.25, -0.2) is 0 Å². The summed E-state index contributed by atoms with van der Waals surface area (Å²) in [5.74, 6) is 0.702. The van der Waals surface area contributed by atoms with Crippen LogP contribution < -0.4 is 10.1 Å². The molecule has 0 spiro atoms. The first kappa shape index (κ1) is 8.89. The highest BCUT2D eigenvalue weighted by Gasteiger charge is 2.19. The molecule has 1 aliphatic heterocycles. The van der Waals surface area contributed by atoms with Crippen molar-refractivity contribution < 1.29 is 4.74 Å². The van der Waals surface area contributed by atoms with Gasteiger partial charge in [-0.2, -0.15) is 5.26 Å². The second-order valence-corrected chi connectivity index (χ2v) is 3.32. The number of rotatable bonds is 1. The lowest BCUT2D eigenvalue weighted by Gasteiger charge is -2.27. The minimum Gasteiger partial charge on any atom is -0.485 e. The zero-order valence-electron chi connectivity index (χ0n) is 8.08. The van der Waals surface area contributed by atoms with E-state index in [1.807, 2.05) is 12.1 Å². The molecule has 14 heavy (non-hydrogen) atoms. The van der Waals surface area contributed by atoms with Crippen LogP contribution in [0.25, 0.3) is 0 Å². The molecule has 0 saturated carbocycles. The van der Waals surface area contributed by atoms with E-state index in [1.165, 1.54) is 0 Å². The lowest BCUT2D eigenvalue weighted by Crippen LogP contribution is -2.30. The van der Waals surface area contributed by atoms with Crippen molar-refractivity contribution in [3.05, 3.63) is 23.8 Å². The van der Waals surface area contributed by atoms with Crippen molar-refractivity contribution in [3.8, 4) is 11.8 Å². The fourth-order valence-corrected chi connectivity index (χ4v) is 1.55. The Balaban J connectivity index is 2.39. The number of nitriles is 1. The van der Waals surface area contributed by atoms with Crippen LogP contribution >= 0.6 is 0 Å². The monoisotopic (exact) mass is 188 g/mol. The number of benzene rings is 1. The number of hydrogen-bond acceptors (Lipinski definition) is 3. The quantitative estimate of drug-likeness (QED) is 0.734. The minimum atomic E-state index is 0.178. The number of anilines is 1. The molecule has 1 heterocycles. The molecule has 0 amide bonds. The molecule has 0 aliphatic carbocycles. The second-order valence-electron chi connectivity index (χ2n) is 3.32. The van der Waals surface area contributed by atoms with Crippen molar-refractivity contribution in [2.24, 2.45) is 0 Å². The number of nitrogens with zero attached hydrogens (tertiary/aromatic N) is 1. The Labute approximate surface area is 83.3 Å². The van der Waals surface area contributed by atoms with Gasteiger partial charge in [0, 0.05) is 0 Å². The van der Waals surface area contributed by atoms with E-state index in [9.17, 15) is 0 Å². The Hall–Kier alpha value is -1.69. The van der Waals surface area contributed by atoms with E-state index in [4.69, 9.17) is 10.00 Å². The first-order valence-electron chi connectivity index (χ1n) is 4.78. The molecule has 1 aromatic rings. The van der Waals surface area contributed by atoms with Crippen molar-refractivity contribution in [2.45, 2.75) is 19.4 Å². The summed E-state index contributed by atoms with van der Waals surface area (Å²) in [6.45, 7) is 2.89. The molecule has 0 aromatic heterocycles. The summed E-state index contributed by atoms with van der Waals surface area (Å²) in [5.41, 5.74) is 1.53. The zero-order valence-corrected chi connectivity index (χ0v) is 8.08. The van der Waals surface area contributed by atoms with Crippen LogP contribution in [0.2, 0.25) is 0 Å². The maximum Gasteiger partial charge on any atom is 0.160 e. The molecular weight excluding hydrogens is 176 g/mol. The fraction of sp³-hybridized carbons (Fsp3) is 0.364. The van der Waals surface area contributed by atoms with Gasteiger partial charge >= 0.3 is 0 Å². The Morgan fingerprint density at radius 3 is 3.21 bits per heavy atom. The standard InChI is InChI=1S/C11H12N2O/c1-2-9-7-13-10-5-3-4-8(6-12)11(10)14-9/h3-5,9,13H,2,7H2,1H3. The molecule has 0 fully saturated rings. The van der Waals surface area contributed by atoms with E-state index in [0.717, 1.165) is 18.7 Å². The van der Waals surface area contributed by atoms with Crippen LogP contribution in [0.15, 0.2) is 18.2 Å². The summed E-state index contributed by atoms with van der Waals surface area (Å²) in [7, 11) is 0. The van der Waals surface area contributed by atoms with Gasteiger partial charge in [-0.15, -0.1) is 0 Å². The van der Waals surface area contributed by atoms with E-state index in [-0.39, 0.29) is 6.10 Å². The molecule has 2 rings (SSSR count). The highest BCUT2D eigenvalue weighted by molar-refractivity contribution is 5.64. The van der Waals surface area contributed by atoms with Gasteiger partial charge in [-0.05, 0) is 18.6 Å². The van der Waals surface area contributed by atoms with E-state index in [2.05, 4.69) is 18.3 Å². The molecule has 1 aliphatic rings. The maximum absolute atomic E-state index is 8.89. The summed E-state index contributed by atoms with van der Waals surface area (Å²) in [6.07, 6.45) is 1.13. The topological polar surface area (TPSA) is 45.0 Å². The molecule has 0 bridgehead atoms. The minimum absolute atomic E-state index is 0.178. The van der Waals surface area contributed by atoms with Gasteiger partial charge in [-0.1, -0.05) is 13.0 Å². The number of hydrogen-bond donors (Lipinski definition) is 1. The lowest BCUT2D eigenvalue weighted by atomic mass is 10.1. The van der Waals surface area contributed by atoms with Crippen molar-refractivity contribution in [1.29, 1.82) is 5.26 Å². The molecule has 72 valence electrons. The van der Waals surface area contributed by atoms with Gasteiger partial charge in [0.25, 0.3) is 0 Å². The smallest absolute Gasteiger partial charge is 0.160 e. The predicted molar refractivity (Wildman–Crippen MR) is 54.4 cm³/mol. The summed E-state index contributed by atoms with van der Waals surface area (Å²) in [6, 6.07) is 7.70. The van der Waals surface area contributed by atoms with E-state index < -0.39 is 0 Å². The van der Waals surface area contributed by atoms with Gasteiger partial charge in [0.15, 0.2) is 5.75 Å². The van der Waals surface area contributed by atoms with Crippen molar-refractivity contribution >= 4 is 5.69 Å². The SMILES string of the molecule is CCC1CNc2cccc(C#N)c2O1. The van der Waals surface area contributed by atoms with Crippen LogP contribution in [-0.2, 0) is 0 Å². The molecule has 3 heteroatoms. The van der Waals surface area contributed by atoms with Crippen LogP contribution in [0.5, 0.6) is 5.75 Å². The number of nitrogens with one attached hydrogen (secondary N) is 1. The van der Waals surface area contributed by atoms with Crippen LogP contribution in [0.3, 0.4) is 0 Å². The number of fused-ring (bicyclic) bond motifs is 1. The normalized spacial score (nSPS) is 18.7. The molecular formula is C11H12N2O. The zero-order chi connectivity index (χ0) is 9.97. The molecule has 0 saturated heterocycles. The van der Waals surface area contributed by atoms with Gasteiger partial charge in [0.05, 0.1) is 17.8 Å². The Bertz CT molecular complexity index is 381. The molecule has 1 aromatic carbocycles. The average Bonchev–Trinajstić information content (AvgIpc) is 2.27. The van der Waals surface area contributed by atoms with Gasteiger partial charge in [-0.3, -0.25) is 0 Å². The van der Waals surface area contributed by atoms with Gasteiger partial charge in [0.2, 0.25) is 0 Å². The maximum atomic E-state index is 8.89. The summed E-state index contributed by atoms with van der Waals surface area (Å²) < 4.78 is 5.72. The fourth-order valence-electron chi connectivity index (χ4n) is 1.55.